The van der Waals surface area contributed by atoms with Crippen LogP contribution in [0, 0.1) is 0 Å². The third-order valence-corrected chi connectivity index (χ3v) is 3.59. The summed E-state index contributed by atoms with van der Waals surface area (Å²) >= 11 is 3.47. The number of para-hydroxylation sites is 1. The van der Waals surface area contributed by atoms with E-state index in [1.165, 1.54) is 9.08 Å². The summed E-state index contributed by atoms with van der Waals surface area (Å²) in [5, 5.41) is 7.48. The van der Waals surface area contributed by atoms with Crippen LogP contribution in [0.1, 0.15) is 0 Å². The number of nitrogens with one attached hydrogen (secondary N) is 1. The average Bonchev–Trinajstić information content (AvgIpc) is 2.78. The largest absolute Gasteiger partial charge is 0.382 e. The van der Waals surface area contributed by atoms with Crippen LogP contribution < -0.4 is 11.0 Å². The highest BCUT2D eigenvalue weighted by Gasteiger charge is 2.05. The van der Waals surface area contributed by atoms with Crippen molar-refractivity contribution in [2.24, 2.45) is 0 Å². The van der Waals surface area contributed by atoms with Gasteiger partial charge < -0.3 is 5.32 Å². The van der Waals surface area contributed by atoms with Crippen LogP contribution in [0.5, 0.6) is 0 Å². The topological polar surface area (TPSA) is 64.2 Å². The first-order chi connectivity index (χ1) is 9.75. The SMILES string of the molecule is O=c1n(CCNc2ccccc2Br)nc2cnccn12. The second-order valence-electron chi connectivity index (χ2n) is 4.22. The summed E-state index contributed by atoms with van der Waals surface area (Å²) in [6, 6.07) is 7.84. The number of rotatable bonds is 4. The van der Waals surface area contributed by atoms with E-state index in [1.54, 1.807) is 18.6 Å². The Hall–Kier alpha value is -2.15. The normalized spacial score (nSPS) is 10.8. The van der Waals surface area contributed by atoms with E-state index in [4.69, 9.17) is 0 Å². The Labute approximate surface area is 123 Å². The molecule has 6 nitrogen and oxygen atoms in total. The molecule has 0 spiro atoms. The van der Waals surface area contributed by atoms with E-state index in [1.807, 2.05) is 24.3 Å². The molecule has 0 bridgehead atoms. The lowest BCUT2D eigenvalue weighted by Gasteiger charge is -2.07. The van der Waals surface area contributed by atoms with Gasteiger partial charge in [0.05, 0.1) is 12.7 Å². The van der Waals surface area contributed by atoms with Crippen molar-refractivity contribution in [1.29, 1.82) is 0 Å². The van der Waals surface area contributed by atoms with Crippen LogP contribution in [-0.2, 0) is 6.54 Å². The van der Waals surface area contributed by atoms with E-state index < -0.39 is 0 Å². The van der Waals surface area contributed by atoms with Crippen LogP contribution >= 0.6 is 15.9 Å². The van der Waals surface area contributed by atoms with Gasteiger partial charge in [-0.3, -0.25) is 4.98 Å². The predicted molar refractivity (Wildman–Crippen MR) is 79.9 cm³/mol. The number of halogens is 1. The Kier molecular flexibility index (Phi) is 3.51. The van der Waals surface area contributed by atoms with Gasteiger partial charge in [-0.05, 0) is 28.1 Å². The standard InChI is InChI=1S/C13H12BrN5O/c14-10-3-1-2-4-11(10)16-6-8-19-13(20)18-7-5-15-9-12(18)17-19/h1-5,7,9,16H,6,8H2. The van der Waals surface area contributed by atoms with E-state index in [0.29, 0.717) is 18.7 Å². The van der Waals surface area contributed by atoms with Gasteiger partial charge in [-0.1, -0.05) is 12.1 Å². The van der Waals surface area contributed by atoms with E-state index >= 15 is 0 Å². The fourth-order valence-electron chi connectivity index (χ4n) is 1.93. The smallest absolute Gasteiger partial charge is 0.350 e. The van der Waals surface area contributed by atoms with Crippen LogP contribution in [-0.4, -0.2) is 25.7 Å². The first-order valence-electron chi connectivity index (χ1n) is 6.13. The minimum absolute atomic E-state index is 0.156. The maximum Gasteiger partial charge on any atom is 0.350 e. The molecule has 0 aliphatic heterocycles. The molecule has 0 fully saturated rings. The molecule has 0 amide bonds. The summed E-state index contributed by atoms with van der Waals surface area (Å²) in [5.74, 6) is 0. The zero-order valence-electron chi connectivity index (χ0n) is 10.5. The molecule has 1 N–H and O–H groups in total. The van der Waals surface area contributed by atoms with Crippen LogP contribution in [0.4, 0.5) is 5.69 Å². The molecule has 7 heteroatoms. The molecule has 0 aliphatic carbocycles. The third-order valence-electron chi connectivity index (χ3n) is 2.90. The number of anilines is 1. The van der Waals surface area contributed by atoms with Gasteiger partial charge in [0.2, 0.25) is 0 Å². The molecule has 3 aromatic rings. The third kappa shape index (κ3) is 2.44. The predicted octanol–water partition coefficient (Wildman–Crippen LogP) is 1.77. The summed E-state index contributed by atoms with van der Waals surface area (Å²) in [7, 11) is 0. The number of hydrogen-bond donors (Lipinski definition) is 1. The second-order valence-corrected chi connectivity index (χ2v) is 5.07. The molecule has 3 rings (SSSR count). The molecule has 20 heavy (non-hydrogen) atoms. The van der Waals surface area contributed by atoms with Gasteiger partial charge in [0.1, 0.15) is 0 Å². The lowest BCUT2D eigenvalue weighted by Crippen LogP contribution is -2.24. The number of nitrogens with zero attached hydrogens (tertiary/aromatic N) is 4. The summed E-state index contributed by atoms with van der Waals surface area (Å²) in [6.45, 7) is 1.10. The van der Waals surface area contributed by atoms with Gasteiger partial charge in [-0.2, -0.15) is 0 Å². The highest BCUT2D eigenvalue weighted by molar-refractivity contribution is 9.10. The first kappa shape index (κ1) is 12.9. The fourth-order valence-corrected chi connectivity index (χ4v) is 2.35. The molecule has 0 saturated carbocycles. The monoisotopic (exact) mass is 333 g/mol. The van der Waals surface area contributed by atoms with E-state index in [-0.39, 0.29) is 5.69 Å². The lowest BCUT2D eigenvalue weighted by atomic mass is 10.3. The first-order valence-corrected chi connectivity index (χ1v) is 6.92. The van der Waals surface area contributed by atoms with Gasteiger partial charge >= 0.3 is 5.69 Å². The number of fused-ring (bicyclic) bond motifs is 1. The van der Waals surface area contributed by atoms with Gasteiger partial charge in [0, 0.05) is 29.1 Å². The van der Waals surface area contributed by atoms with Gasteiger partial charge in [0.25, 0.3) is 0 Å². The Morgan fingerprint density at radius 1 is 1.30 bits per heavy atom. The van der Waals surface area contributed by atoms with E-state index in [9.17, 15) is 4.79 Å². The summed E-state index contributed by atoms with van der Waals surface area (Å²) in [4.78, 5) is 16.0. The van der Waals surface area contributed by atoms with Crippen molar-refractivity contribution in [1.82, 2.24) is 19.2 Å². The molecule has 0 unspecified atom stereocenters. The Balaban J connectivity index is 1.73. The Bertz CT molecular complexity index is 795. The molecule has 102 valence electrons. The molecular formula is C13H12BrN5O. The molecule has 2 aromatic heterocycles. The summed E-state index contributed by atoms with van der Waals surface area (Å²) in [5.41, 5.74) is 1.39. The highest BCUT2D eigenvalue weighted by atomic mass is 79.9. The van der Waals surface area contributed by atoms with Crippen LogP contribution in [0.3, 0.4) is 0 Å². The van der Waals surface area contributed by atoms with Crippen molar-refractivity contribution < 1.29 is 0 Å². The molecule has 2 heterocycles. The van der Waals surface area contributed by atoms with Crippen molar-refractivity contribution in [2.45, 2.75) is 6.54 Å². The molecular weight excluding hydrogens is 322 g/mol. The number of aromatic nitrogens is 4. The van der Waals surface area contributed by atoms with Crippen LogP contribution in [0.25, 0.3) is 5.65 Å². The molecule has 0 saturated heterocycles. The minimum Gasteiger partial charge on any atom is -0.382 e. The van der Waals surface area contributed by atoms with Crippen LogP contribution in [0.15, 0.2) is 52.1 Å². The average molecular weight is 334 g/mol. The Morgan fingerprint density at radius 2 is 2.15 bits per heavy atom. The molecule has 0 aliphatic rings. The maximum atomic E-state index is 12.0. The van der Waals surface area contributed by atoms with Crippen molar-refractivity contribution in [3.63, 3.8) is 0 Å². The number of benzene rings is 1. The maximum absolute atomic E-state index is 12.0. The van der Waals surface area contributed by atoms with Gasteiger partial charge in [0.15, 0.2) is 5.65 Å². The zero-order chi connectivity index (χ0) is 13.9. The quantitative estimate of drug-likeness (QED) is 0.790. The van der Waals surface area contributed by atoms with Crippen molar-refractivity contribution in [3.8, 4) is 0 Å². The zero-order valence-corrected chi connectivity index (χ0v) is 12.1. The fraction of sp³-hybridized carbons (Fsp3) is 0.154. The summed E-state index contributed by atoms with van der Waals surface area (Å²) < 4.78 is 3.90. The van der Waals surface area contributed by atoms with Crippen LogP contribution in [0.2, 0.25) is 0 Å². The Morgan fingerprint density at radius 3 is 2.95 bits per heavy atom. The van der Waals surface area contributed by atoms with E-state index in [2.05, 4.69) is 31.3 Å². The van der Waals surface area contributed by atoms with E-state index in [0.717, 1.165) is 10.2 Å². The van der Waals surface area contributed by atoms with Gasteiger partial charge in [-0.15, -0.1) is 5.10 Å². The van der Waals surface area contributed by atoms with Gasteiger partial charge in [-0.25, -0.2) is 13.9 Å². The van der Waals surface area contributed by atoms with Crippen molar-refractivity contribution >= 4 is 27.3 Å². The summed E-state index contributed by atoms with van der Waals surface area (Å²) in [6.07, 6.45) is 4.75. The highest BCUT2D eigenvalue weighted by Crippen LogP contribution is 2.20. The second kappa shape index (κ2) is 5.46. The molecule has 0 radical (unpaired) electrons. The number of hydrogen-bond acceptors (Lipinski definition) is 4. The molecule has 0 atom stereocenters. The lowest BCUT2D eigenvalue weighted by molar-refractivity contribution is 0.614. The molecule has 1 aromatic carbocycles. The minimum atomic E-state index is -0.156. The van der Waals surface area contributed by atoms with Crippen molar-refractivity contribution in [3.05, 3.63) is 57.8 Å². The van der Waals surface area contributed by atoms with Crippen molar-refractivity contribution in [2.75, 3.05) is 11.9 Å².